The maximum atomic E-state index is 12.6. The minimum atomic E-state index is -1.10. The summed E-state index contributed by atoms with van der Waals surface area (Å²) < 4.78 is 5.62. The number of ketones is 2. The van der Waals surface area contributed by atoms with Gasteiger partial charge in [0, 0.05) is 43.6 Å². The number of aromatic nitrogens is 1. The summed E-state index contributed by atoms with van der Waals surface area (Å²) in [5.41, 5.74) is 4.53. The van der Waals surface area contributed by atoms with Crippen LogP contribution in [0, 0.1) is 0 Å². The van der Waals surface area contributed by atoms with Gasteiger partial charge in [0.1, 0.15) is 11.5 Å². The molecule has 3 heterocycles. The molecule has 4 rings (SSSR count). The Labute approximate surface area is 164 Å². The van der Waals surface area contributed by atoms with Crippen LogP contribution in [0.1, 0.15) is 46.1 Å². The van der Waals surface area contributed by atoms with E-state index in [4.69, 9.17) is 4.65 Å². The number of pyridine rings is 1. The molecule has 1 aromatic heterocycles. The number of fused-ring (bicyclic) bond motifs is 2. The third-order valence-electron chi connectivity index (χ3n) is 5.49. The van der Waals surface area contributed by atoms with Crippen LogP contribution in [0.5, 0.6) is 5.75 Å². The number of hydrogen-bond acceptors (Lipinski definition) is 6. The second-order valence-electron chi connectivity index (χ2n) is 7.86. The van der Waals surface area contributed by atoms with E-state index in [1.807, 2.05) is 18.3 Å². The zero-order valence-corrected chi connectivity index (χ0v) is 16.1. The van der Waals surface area contributed by atoms with Gasteiger partial charge in [-0.2, -0.15) is 0 Å². The second-order valence-corrected chi connectivity index (χ2v) is 7.86. The maximum absolute atomic E-state index is 12.6. The van der Waals surface area contributed by atoms with Crippen molar-refractivity contribution in [3.8, 4) is 5.75 Å². The van der Waals surface area contributed by atoms with E-state index in [1.54, 1.807) is 12.1 Å². The van der Waals surface area contributed by atoms with Gasteiger partial charge in [-0.3, -0.25) is 19.5 Å². The van der Waals surface area contributed by atoms with Crippen molar-refractivity contribution in [3.05, 3.63) is 58.4 Å². The molecule has 0 bridgehead atoms. The molecule has 0 amide bonds. The Bertz CT molecular complexity index is 946. The van der Waals surface area contributed by atoms with Gasteiger partial charge in [-0.15, -0.1) is 0 Å². The van der Waals surface area contributed by atoms with Gasteiger partial charge in [0.05, 0.1) is 5.56 Å². The van der Waals surface area contributed by atoms with Crippen LogP contribution in [0.3, 0.4) is 0 Å². The van der Waals surface area contributed by atoms with E-state index in [2.05, 4.69) is 16.9 Å². The number of carbonyl (C=O) groups excluding carboxylic acids is 2. The molecule has 0 aliphatic carbocycles. The standard InChI is InChI=1S/C21H23BN2O4/c1-13(25)20-5-3-4-14-6-17(22(27)28-21(14)20)8-19(26)9-18-7-15-11-24(2)12-16(15)10-23-18/h3-5,7,10,17,27H,6,8-9,11-12H2,1-2H3/t17-/m1/s1. The largest absolute Gasteiger partial charge is 0.535 e. The molecule has 7 heteroatoms. The lowest BCUT2D eigenvalue weighted by atomic mass is 9.64. The Hall–Kier alpha value is -2.51. The summed E-state index contributed by atoms with van der Waals surface area (Å²) in [5, 5.41) is 10.4. The number of benzene rings is 1. The van der Waals surface area contributed by atoms with Crippen molar-refractivity contribution >= 4 is 18.7 Å². The number of rotatable bonds is 5. The highest BCUT2D eigenvalue weighted by molar-refractivity contribution is 6.47. The Morgan fingerprint density at radius 2 is 2.07 bits per heavy atom. The fraction of sp³-hybridized carbons (Fsp3) is 0.381. The zero-order chi connectivity index (χ0) is 19.8. The van der Waals surface area contributed by atoms with E-state index in [-0.39, 0.29) is 30.2 Å². The second kappa shape index (κ2) is 7.49. The molecule has 2 aliphatic heterocycles. The third-order valence-corrected chi connectivity index (χ3v) is 5.49. The maximum Gasteiger partial charge on any atom is 0.526 e. The summed E-state index contributed by atoms with van der Waals surface area (Å²) in [4.78, 5) is 31.0. The molecule has 6 nitrogen and oxygen atoms in total. The molecule has 1 aromatic carbocycles. The minimum Gasteiger partial charge on any atom is -0.535 e. The molecule has 1 atom stereocenters. The van der Waals surface area contributed by atoms with E-state index >= 15 is 0 Å². The topological polar surface area (TPSA) is 79.7 Å². The van der Waals surface area contributed by atoms with Crippen LogP contribution in [0.25, 0.3) is 0 Å². The quantitative estimate of drug-likeness (QED) is 0.635. The lowest BCUT2D eigenvalue weighted by Crippen LogP contribution is -2.36. The SMILES string of the molecule is CC(=O)c1cccc2c1OB(O)[C@@H](CC(=O)Cc1cc3c(cn1)CN(C)C3)C2. The van der Waals surface area contributed by atoms with Crippen molar-refractivity contribution in [3.63, 3.8) is 0 Å². The van der Waals surface area contributed by atoms with Crippen LogP contribution in [-0.4, -0.2) is 40.6 Å². The van der Waals surface area contributed by atoms with Gasteiger partial charge in [0.25, 0.3) is 0 Å². The molecular weight excluding hydrogens is 355 g/mol. The van der Waals surface area contributed by atoms with Crippen molar-refractivity contribution in [2.24, 2.45) is 0 Å². The summed E-state index contributed by atoms with van der Waals surface area (Å²) in [6, 6.07) is 7.39. The fourth-order valence-corrected chi connectivity index (χ4v) is 4.10. The van der Waals surface area contributed by atoms with Gasteiger partial charge >= 0.3 is 7.12 Å². The molecular formula is C21H23BN2O4. The van der Waals surface area contributed by atoms with Crippen LogP contribution in [-0.2, 0) is 30.7 Å². The first-order valence-corrected chi connectivity index (χ1v) is 9.55. The lowest BCUT2D eigenvalue weighted by molar-refractivity contribution is -0.118. The van der Waals surface area contributed by atoms with Crippen LogP contribution < -0.4 is 4.65 Å². The highest BCUT2D eigenvalue weighted by Crippen LogP contribution is 2.36. The molecule has 144 valence electrons. The number of hydrogen-bond donors (Lipinski definition) is 1. The van der Waals surface area contributed by atoms with Crippen molar-refractivity contribution in [1.82, 2.24) is 9.88 Å². The van der Waals surface area contributed by atoms with Crippen LogP contribution in [0.2, 0.25) is 5.82 Å². The Kier molecular flexibility index (Phi) is 5.04. The van der Waals surface area contributed by atoms with Crippen LogP contribution in [0.15, 0.2) is 30.5 Å². The van der Waals surface area contributed by atoms with Gasteiger partial charge < -0.3 is 9.68 Å². The monoisotopic (exact) mass is 378 g/mol. The summed E-state index contributed by atoms with van der Waals surface area (Å²) in [6.45, 7) is 3.25. The molecule has 0 fully saturated rings. The Morgan fingerprint density at radius 1 is 1.29 bits per heavy atom. The molecule has 2 aliphatic rings. The fourth-order valence-electron chi connectivity index (χ4n) is 4.10. The smallest absolute Gasteiger partial charge is 0.526 e. The average Bonchev–Trinajstić information content (AvgIpc) is 3.01. The summed E-state index contributed by atoms with van der Waals surface area (Å²) in [7, 11) is 0.962. The summed E-state index contributed by atoms with van der Waals surface area (Å²) in [5.74, 6) is 0.0305. The lowest BCUT2D eigenvalue weighted by Gasteiger charge is -2.28. The minimum absolute atomic E-state index is 0.0256. The van der Waals surface area contributed by atoms with Crippen molar-refractivity contribution in [1.29, 1.82) is 0 Å². The summed E-state index contributed by atoms with van der Waals surface area (Å²) >= 11 is 0. The first kappa shape index (κ1) is 18.8. The number of para-hydroxylation sites is 1. The van der Waals surface area contributed by atoms with Crippen LogP contribution in [0.4, 0.5) is 0 Å². The first-order valence-electron chi connectivity index (χ1n) is 9.55. The van der Waals surface area contributed by atoms with Gasteiger partial charge in [-0.1, -0.05) is 12.1 Å². The number of nitrogens with zero attached hydrogens (tertiary/aromatic N) is 2. The highest BCUT2D eigenvalue weighted by atomic mass is 16.5. The zero-order valence-electron chi connectivity index (χ0n) is 16.1. The van der Waals surface area contributed by atoms with E-state index in [1.165, 1.54) is 18.1 Å². The third kappa shape index (κ3) is 3.72. The number of Topliss-reactive ketones (excluding diaryl/α,β-unsaturated/α-hetero) is 2. The Morgan fingerprint density at radius 3 is 2.86 bits per heavy atom. The predicted octanol–water partition coefficient (Wildman–Crippen LogP) is 2.22. The van der Waals surface area contributed by atoms with Gasteiger partial charge in [0.15, 0.2) is 5.78 Å². The normalized spacial score (nSPS) is 18.4. The van der Waals surface area contributed by atoms with Crippen LogP contribution >= 0.6 is 0 Å². The molecule has 0 unspecified atom stereocenters. The molecule has 1 N–H and O–H groups in total. The van der Waals surface area contributed by atoms with E-state index in [0.717, 1.165) is 24.3 Å². The van der Waals surface area contributed by atoms with E-state index in [0.29, 0.717) is 17.7 Å². The van der Waals surface area contributed by atoms with Crippen molar-refractivity contribution in [2.75, 3.05) is 7.05 Å². The summed E-state index contributed by atoms with van der Waals surface area (Å²) in [6.07, 6.45) is 2.83. The van der Waals surface area contributed by atoms with Crippen molar-refractivity contribution < 1.29 is 19.3 Å². The molecule has 2 aromatic rings. The van der Waals surface area contributed by atoms with Gasteiger partial charge in [0.2, 0.25) is 0 Å². The Balaban J connectivity index is 1.43. The molecule has 0 spiro atoms. The van der Waals surface area contributed by atoms with E-state index < -0.39 is 7.12 Å². The predicted molar refractivity (Wildman–Crippen MR) is 105 cm³/mol. The first-order chi connectivity index (χ1) is 13.4. The van der Waals surface area contributed by atoms with Gasteiger partial charge in [-0.05, 0) is 49.2 Å². The molecule has 0 saturated carbocycles. The average molecular weight is 378 g/mol. The number of carbonyl (C=O) groups is 2. The molecule has 28 heavy (non-hydrogen) atoms. The molecule has 0 radical (unpaired) electrons. The van der Waals surface area contributed by atoms with Gasteiger partial charge in [-0.25, -0.2) is 0 Å². The molecule has 0 saturated heterocycles. The van der Waals surface area contributed by atoms with Crippen molar-refractivity contribution in [2.45, 2.75) is 45.1 Å². The highest BCUT2D eigenvalue weighted by Gasteiger charge is 2.37. The van der Waals surface area contributed by atoms with E-state index in [9.17, 15) is 14.6 Å².